The standard InChI is InChI=1S/C11H16N4O.ClH/c1-14-7-9(6-13-14)15-5-3-11(10(15)16)2-4-12-8-11;/h6-7,12H,2-5,8H2,1H3;1H. The van der Waals surface area contributed by atoms with E-state index in [9.17, 15) is 4.79 Å². The molecule has 3 rings (SSSR count). The van der Waals surface area contributed by atoms with Crippen LogP contribution in [-0.4, -0.2) is 35.3 Å². The summed E-state index contributed by atoms with van der Waals surface area (Å²) in [6.07, 6.45) is 5.61. The average Bonchev–Trinajstić information content (AvgIpc) is 2.94. The number of carbonyl (C=O) groups excluding carboxylic acids is 1. The van der Waals surface area contributed by atoms with Gasteiger partial charge in [-0.05, 0) is 19.4 Å². The van der Waals surface area contributed by atoms with E-state index in [1.54, 1.807) is 10.9 Å². The van der Waals surface area contributed by atoms with Crippen LogP contribution in [0.5, 0.6) is 0 Å². The van der Waals surface area contributed by atoms with Crippen molar-refractivity contribution in [1.29, 1.82) is 0 Å². The summed E-state index contributed by atoms with van der Waals surface area (Å²) in [5, 5.41) is 7.41. The Morgan fingerprint density at radius 1 is 1.47 bits per heavy atom. The highest BCUT2D eigenvalue weighted by molar-refractivity contribution is 6.00. The highest BCUT2D eigenvalue weighted by Gasteiger charge is 2.48. The molecule has 0 radical (unpaired) electrons. The summed E-state index contributed by atoms with van der Waals surface area (Å²) in [6, 6.07) is 0. The number of amides is 1. The molecule has 1 aromatic rings. The van der Waals surface area contributed by atoms with Crippen LogP contribution in [0.3, 0.4) is 0 Å². The van der Waals surface area contributed by atoms with Gasteiger partial charge in [0.25, 0.3) is 0 Å². The number of hydrogen-bond acceptors (Lipinski definition) is 3. The van der Waals surface area contributed by atoms with Crippen LogP contribution < -0.4 is 10.2 Å². The lowest BCUT2D eigenvalue weighted by Gasteiger charge is -2.20. The molecule has 17 heavy (non-hydrogen) atoms. The van der Waals surface area contributed by atoms with Crippen molar-refractivity contribution in [2.24, 2.45) is 12.5 Å². The minimum Gasteiger partial charge on any atom is -0.316 e. The molecule has 2 fully saturated rings. The van der Waals surface area contributed by atoms with Gasteiger partial charge in [-0.15, -0.1) is 12.4 Å². The highest BCUT2D eigenvalue weighted by atomic mass is 35.5. The Morgan fingerprint density at radius 2 is 2.29 bits per heavy atom. The highest BCUT2D eigenvalue weighted by Crippen LogP contribution is 2.39. The Morgan fingerprint density at radius 3 is 2.88 bits per heavy atom. The molecule has 6 heteroatoms. The zero-order chi connectivity index (χ0) is 11.2. The molecule has 3 heterocycles. The van der Waals surface area contributed by atoms with Crippen molar-refractivity contribution in [1.82, 2.24) is 15.1 Å². The van der Waals surface area contributed by atoms with Gasteiger partial charge in [0, 0.05) is 26.3 Å². The Balaban J connectivity index is 0.00000108. The number of hydrogen-bond donors (Lipinski definition) is 1. The maximum Gasteiger partial charge on any atom is 0.234 e. The van der Waals surface area contributed by atoms with Gasteiger partial charge in [-0.25, -0.2) is 0 Å². The molecule has 2 saturated heterocycles. The van der Waals surface area contributed by atoms with Gasteiger partial charge >= 0.3 is 0 Å². The number of anilines is 1. The van der Waals surface area contributed by atoms with Gasteiger partial charge in [0.05, 0.1) is 17.3 Å². The van der Waals surface area contributed by atoms with E-state index < -0.39 is 0 Å². The van der Waals surface area contributed by atoms with E-state index in [-0.39, 0.29) is 23.7 Å². The number of nitrogens with one attached hydrogen (secondary N) is 1. The van der Waals surface area contributed by atoms with E-state index in [1.165, 1.54) is 0 Å². The fourth-order valence-corrected chi connectivity index (χ4v) is 2.75. The van der Waals surface area contributed by atoms with E-state index in [0.717, 1.165) is 38.2 Å². The van der Waals surface area contributed by atoms with Crippen LogP contribution in [0.25, 0.3) is 0 Å². The smallest absolute Gasteiger partial charge is 0.234 e. The van der Waals surface area contributed by atoms with Crippen molar-refractivity contribution in [3.63, 3.8) is 0 Å². The molecule has 1 amide bonds. The van der Waals surface area contributed by atoms with Crippen LogP contribution in [0.15, 0.2) is 12.4 Å². The van der Waals surface area contributed by atoms with Crippen molar-refractivity contribution >= 4 is 24.0 Å². The molecule has 1 N–H and O–H groups in total. The lowest BCUT2D eigenvalue weighted by molar-refractivity contribution is -0.124. The molecule has 1 aromatic heterocycles. The first-order chi connectivity index (χ1) is 7.71. The maximum atomic E-state index is 12.4. The summed E-state index contributed by atoms with van der Waals surface area (Å²) >= 11 is 0. The third kappa shape index (κ3) is 1.83. The SMILES string of the molecule is Cl.Cn1cc(N2CCC3(CCNC3)C2=O)cn1. The molecular weight excluding hydrogens is 240 g/mol. The number of aromatic nitrogens is 2. The van der Waals surface area contributed by atoms with Gasteiger partial charge < -0.3 is 10.2 Å². The van der Waals surface area contributed by atoms with Crippen LogP contribution in [0, 0.1) is 5.41 Å². The molecule has 1 spiro atoms. The molecule has 0 aliphatic carbocycles. The van der Waals surface area contributed by atoms with Crippen molar-refractivity contribution in [2.75, 3.05) is 24.5 Å². The first kappa shape index (κ1) is 12.4. The van der Waals surface area contributed by atoms with E-state index in [4.69, 9.17) is 0 Å². The second-order valence-electron chi connectivity index (χ2n) is 4.79. The number of carbonyl (C=O) groups is 1. The zero-order valence-electron chi connectivity index (χ0n) is 9.85. The molecule has 1 atom stereocenters. The Kier molecular flexibility index (Phi) is 3.14. The van der Waals surface area contributed by atoms with Gasteiger partial charge in [0.1, 0.15) is 0 Å². The molecule has 0 saturated carbocycles. The number of aryl methyl sites for hydroxylation is 1. The maximum absolute atomic E-state index is 12.4. The topological polar surface area (TPSA) is 50.2 Å². The Hall–Kier alpha value is -1.07. The van der Waals surface area contributed by atoms with Crippen LogP contribution in [0.1, 0.15) is 12.8 Å². The number of halogens is 1. The number of rotatable bonds is 1. The lowest BCUT2D eigenvalue weighted by atomic mass is 9.86. The summed E-state index contributed by atoms with van der Waals surface area (Å²) in [5.41, 5.74) is 0.798. The van der Waals surface area contributed by atoms with Gasteiger partial charge in [0.15, 0.2) is 0 Å². The molecular formula is C11H17ClN4O. The monoisotopic (exact) mass is 256 g/mol. The van der Waals surface area contributed by atoms with E-state index in [0.29, 0.717) is 0 Å². The Labute approximate surface area is 107 Å². The minimum absolute atomic E-state index is 0. The second kappa shape index (κ2) is 4.31. The Bertz CT molecular complexity index is 425. The lowest BCUT2D eigenvalue weighted by Crippen LogP contribution is -2.36. The minimum atomic E-state index is -0.129. The first-order valence-corrected chi connectivity index (χ1v) is 5.73. The fraction of sp³-hybridized carbons (Fsp3) is 0.636. The fourth-order valence-electron chi connectivity index (χ4n) is 2.75. The van der Waals surface area contributed by atoms with Gasteiger partial charge in [-0.1, -0.05) is 0 Å². The third-order valence-electron chi connectivity index (χ3n) is 3.76. The molecule has 2 aliphatic rings. The average molecular weight is 257 g/mol. The molecule has 94 valence electrons. The predicted octanol–water partition coefficient (Wildman–Crippen LogP) is 0.558. The van der Waals surface area contributed by atoms with Crippen LogP contribution in [0.4, 0.5) is 5.69 Å². The quantitative estimate of drug-likeness (QED) is 0.799. The summed E-state index contributed by atoms with van der Waals surface area (Å²) in [7, 11) is 1.87. The van der Waals surface area contributed by atoms with Crippen LogP contribution in [0.2, 0.25) is 0 Å². The van der Waals surface area contributed by atoms with E-state index in [2.05, 4.69) is 10.4 Å². The number of nitrogens with zero attached hydrogens (tertiary/aromatic N) is 3. The summed E-state index contributed by atoms with van der Waals surface area (Å²) in [5.74, 6) is 0.269. The molecule has 1 unspecified atom stereocenters. The predicted molar refractivity (Wildman–Crippen MR) is 67.3 cm³/mol. The summed E-state index contributed by atoms with van der Waals surface area (Å²) < 4.78 is 1.74. The molecule has 0 aromatic carbocycles. The van der Waals surface area contributed by atoms with Crippen molar-refractivity contribution in [2.45, 2.75) is 12.8 Å². The largest absolute Gasteiger partial charge is 0.316 e. The van der Waals surface area contributed by atoms with E-state index >= 15 is 0 Å². The molecule has 0 bridgehead atoms. The van der Waals surface area contributed by atoms with Gasteiger partial charge in [-0.2, -0.15) is 5.10 Å². The molecule has 5 nitrogen and oxygen atoms in total. The van der Waals surface area contributed by atoms with Crippen molar-refractivity contribution < 1.29 is 4.79 Å². The summed E-state index contributed by atoms with van der Waals surface area (Å²) in [4.78, 5) is 14.3. The van der Waals surface area contributed by atoms with Crippen LogP contribution in [-0.2, 0) is 11.8 Å². The first-order valence-electron chi connectivity index (χ1n) is 5.73. The molecule has 2 aliphatic heterocycles. The van der Waals surface area contributed by atoms with E-state index in [1.807, 2.05) is 18.1 Å². The third-order valence-corrected chi connectivity index (χ3v) is 3.76. The van der Waals surface area contributed by atoms with Gasteiger partial charge in [0.2, 0.25) is 5.91 Å². The zero-order valence-corrected chi connectivity index (χ0v) is 10.7. The second-order valence-corrected chi connectivity index (χ2v) is 4.79. The normalized spacial score (nSPS) is 27.8. The van der Waals surface area contributed by atoms with Crippen molar-refractivity contribution in [3.8, 4) is 0 Å². The summed E-state index contributed by atoms with van der Waals surface area (Å²) in [6.45, 7) is 2.63. The van der Waals surface area contributed by atoms with Crippen LogP contribution >= 0.6 is 12.4 Å². The van der Waals surface area contributed by atoms with Crippen molar-refractivity contribution in [3.05, 3.63) is 12.4 Å². The van der Waals surface area contributed by atoms with Gasteiger partial charge in [-0.3, -0.25) is 9.48 Å².